The molecule has 1 aliphatic rings. The van der Waals surface area contributed by atoms with Crippen molar-refractivity contribution in [2.24, 2.45) is 5.92 Å². The van der Waals surface area contributed by atoms with Crippen molar-refractivity contribution in [3.63, 3.8) is 0 Å². The third kappa shape index (κ3) is 6.81. The average Bonchev–Trinajstić information content (AvgIpc) is 2.72. The molecule has 1 aromatic heterocycles. The Labute approximate surface area is 186 Å². The van der Waals surface area contributed by atoms with Gasteiger partial charge in [-0.25, -0.2) is 9.97 Å². The monoisotopic (exact) mass is 444 g/mol. The van der Waals surface area contributed by atoms with Crippen LogP contribution in [0.2, 0.25) is 5.02 Å². The van der Waals surface area contributed by atoms with Crippen LogP contribution in [0.5, 0.6) is 11.8 Å². The molecule has 1 aromatic carbocycles. The van der Waals surface area contributed by atoms with Crippen LogP contribution >= 0.6 is 11.6 Å². The van der Waals surface area contributed by atoms with Gasteiger partial charge in [-0.15, -0.1) is 0 Å². The van der Waals surface area contributed by atoms with E-state index in [4.69, 9.17) is 31.1 Å². The molecule has 0 spiro atoms. The third-order valence-corrected chi connectivity index (χ3v) is 5.19. The molecule has 0 radical (unpaired) electrons. The third-order valence-electron chi connectivity index (χ3n) is 4.86. The molecule has 9 heteroatoms. The minimum Gasteiger partial charge on any atom is -0.476 e. The fraction of sp³-hybridized carbons (Fsp3) is 0.455. The van der Waals surface area contributed by atoms with E-state index in [9.17, 15) is 4.79 Å². The summed E-state index contributed by atoms with van der Waals surface area (Å²) in [6.45, 7) is 4.65. The van der Waals surface area contributed by atoms with Gasteiger partial charge in [0.25, 0.3) is 0 Å². The highest BCUT2D eigenvalue weighted by Gasteiger charge is 2.31. The van der Waals surface area contributed by atoms with Crippen LogP contribution in [0.15, 0.2) is 30.6 Å². The van der Waals surface area contributed by atoms with E-state index >= 15 is 0 Å². The normalized spacial score (nSPS) is 18.4. The van der Waals surface area contributed by atoms with Crippen molar-refractivity contribution in [3.05, 3.63) is 46.7 Å². The van der Waals surface area contributed by atoms with Crippen LogP contribution in [-0.2, 0) is 16.1 Å². The average molecular weight is 445 g/mol. The van der Waals surface area contributed by atoms with Crippen molar-refractivity contribution >= 4 is 17.5 Å². The Bertz CT molecular complexity index is 926. The molecule has 3 rings (SSSR count). The van der Waals surface area contributed by atoms with Crippen LogP contribution in [0.4, 0.5) is 0 Å². The van der Waals surface area contributed by atoms with E-state index in [0.717, 1.165) is 18.4 Å². The summed E-state index contributed by atoms with van der Waals surface area (Å²) in [6.07, 6.45) is 3.30. The van der Waals surface area contributed by atoms with E-state index in [1.54, 1.807) is 12.1 Å². The SMILES string of the molecule is CC(=O)N[C@@H](C)CO[C@H]1C[C@H](COc2ncnc(OCc3ccc(C#N)cc3)c2Cl)C1. The number of ether oxygens (including phenoxy) is 3. The lowest BCUT2D eigenvalue weighted by molar-refractivity contribution is -0.120. The number of nitrogens with zero attached hydrogens (tertiary/aromatic N) is 3. The number of carbonyl (C=O) groups is 1. The number of hydrogen-bond acceptors (Lipinski definition) is 7. The number of amides is 1. The number of carbonyl (C=O) groups excluding carboxylic acids is 1. The fourth-order valence-corrected chi connectivity index (χ4v) is 3.39. The maximum atomic E-state index is 11.0. The van der Waals surface area contributed by atoms with Crippen LogP contribution < -0.4 is 14.8 Å². The molecule has 0 bridgehead atoms. The molecule has 8 nitrogen and oxygen atoms in total. The van der Waals surface area contributed by atoms with Crippen molar-refractivity contribution in [1.29, 1.82) is 5.26 Å². The molecule has 1 atom stereocenters. The van der Waals surface area contributed by atoms with Crippen molar-refractivity contribution in [3.8, 4) is 17.8 Å². The summed E-state index contributed by atoms with van der Waals surface area (Å²) in [5.74, 6) is 0.834. The van der Waals surface area contributed by atoms with Crippen molar-refractivity contribution in [2.75, 3.05) is 13.2 Å². The molecule has 2 aromatic rings. The zero-order valence-electron chi connectivity index (χ0n) is 17.5. The zero-order chi connectivity index (χ0) is 22.2. The lowest BCUT2D eigenvalue weighted by Gasteiger charge is -2.35. The first-order valence-corrected chi connectivity index (χ1v) is 10.5. The Morgan fingerprint density at radius 1 is 1.26 bits per heavy atom. The molecule has 1 fully saturated rings. The Morgan fingerprint density at radius 2 is 1.94 bits per heavy atom. The van der Waals surface area contributed by atoms with Gasteiger partial charge in [0.05, 0.1) is 31.0 Å². The number of rotatable bonds is 10. The van der Waals surface area contributed by atoms with Crippen molar-refractivity contribution in [2.45, 2.75) is 45.4 Å². The molecule has 0 saturated heterocycles. The van der Waals surface area contributed by atoms with E-state index in [0.29, 0.717) is 24.7 Å². The van der Waals surface area contributed by atoms with E-state index in [1.165, 1.54) is 13.3 Å². The number of nitriles is 1. The van der Waals surface area contributed by atoms with Crippen LogP contribution in [-0.4, -0.2) is 41.2 Å². The molecule has 164 valence electrons. The van der Waals surface area contributed by atoms with Gasteiger partial charge >= 0.3 is 0 Å². The standard InChI is InChI=1S/C22H25ClN4O4/c1-14(27-15(2)28)10-29-19-7-18(8-19)12-31-22-20(23)21(25-13-26-22)30-11-17-5-3-16(9-24)4-6-17/h3-6,13-14,18-19H,7-8,10-12H2,1-2H3,(H,27,28)/t14-,18-,19-/m0/s1. The maximum Gasteiger partial charge on any atom is 0.240 e. The highest BCUT2D eigenvalue weighted by Crippen LogP contribution is 2.34. The summed E-state index contributed by atoms with van der Waals surface area (Å²) in [5, 5.41) is 11.9. The van der Waals surface area contributed by atoms with Gasteiger partial charge in [0.1, 0.15) is 12.9 Å². The van der Waals surface area contributed by atoms with Crippen molar-refractivity contribution < 1.29 is 19.0 Å². The molecular weight excluding hydrogens is 420 g/mol. The molecule has 31 heavy (non-hydrogen) atoms. The van der Waals surface area contributed by atoms with Crippen LogP contribution in [0.3, 0.4) is 0 Å². The summed E-state index contributed by atoms with van der Waals surface area (Å²) < 4.78 is 17.3. The summed E-state index contributed by atoms with van der Waals surface area (Å²) in [6, 6.07) is 9.16. The van der Waals surface area contributed by atoms with E-state index in [-0.39, 0.29) is 41.4 Å². The lowest BCUT2D eigenvalue weighted by atomic mass is 9.83. The van der Waals surface area contributed by atoms with Crippen LogP contribution in [0.1, 0.15) is 37.8 Å². The Hall–Kier alpha value is -2.89. The minimum atomic E-state index is -0.0574. The molecule has 1 aliphatic carbocycles. The topological polar surface area (TPSA) is 106 Å². The van der Waals surface area contributed by atoms with Gasteiger partial charge in [-0.05, 0) is 43.4 Å². The molecule has 1 amide bonds. The molecule has 0 aliphatic heterocycles. The smallest absolute Gasteiger partial charge is 0.240 e. The van der Waals surface area contributed by atoms with Gasteiger partial charge in [0.15, 0.2) is 5.02 Å². The first-order valence-electron chi connectivity index (χ1n) is 10.1. The molecule has 1 heterocycles. The summed E-state index contributed by atoms with van der Waals surface area (Å²) in [4.78, 5) is 19.2. The lowest BCUT2D eigenvalue weighted by Crippen LogP contribution is -2.40. The molecule has 1 N–H and O–H groups in total. The summed E-state index contributed by atoms with van der Waals surface area (Å²) >= 11 is 6.34. The highest BCUT2D eigenvalue weighted by molar-refractivity contribution is 6.33. The number of benzene rings is 1. The summed E-state index contributed by atoms with van der Waals surface area (Å²) in [5.41, 5.74) is 1.48. The highest BCUT2D eigenvalue weighted by atomic mass is 35.5. The molecule has 1 saturated carbocycles. The fourth-order valence-electron chi connectivity index (χ4n) is 3.18. The summed E-state index contributed by atoms with van der Waals surface area (Å²) in [7, 11) is 0. The van der Waals surface area contributed by atoms with Crippen LogP contribution in [0, 0.1) is 17.2 Å². The predicted octanol–water partition coefficient (Wildman–Crippen LogP) is 3.28. The second-order valence-electron chi connectivity index (χ2n) is 7.60. The zero-order valence-corrected chi connectivity index (χ0v) is 18.3. The van der Waals surface area contributed by atoms with Gasteiger partial charge in [0, 0.05) is 13.0 Å². The second kappa shape index (κ2) is 10.9. The minimum absolute atomic E-state index is 0.00433. The number of halogens is 1. The van der Waals surface area contributed by atoms with Crippen LogP contribution in [0.25, 0.3) is 0 Å². The van der Waals surface area contributed by atoms with Gasteiger partial charge in [-0.3, -0.25) is 4.79 Å². The molecule has 0 unspecified atom stereocenters. The second-order valence-corrected chi connectivity index (χ2v) is 7.98. The van der Waals surface area contributed by atoms with Gasteiger partial charge in [-0.1, -0.05) is 23.7 Å². The first kappa shape index (κ1) is 22.8. The first-order chi connectivity index (χ1) is 14.9. The van der Waals surface area contributed by atoms with E-state index in [2.05, 4.69) is 21.4 Å². The maximum absolute atomic E-state index is 11.0. The quantitative estimate of drug-likeness (QED) is 0.599. The Morgan fingerprint density at radius 3 is 2.58 bits per heavy atom. The Kier molecular flexibility index (Phi) is 8.04. The van der Waals surface area contributed by atoms with Gasteiger partial charge in [0.2, 0.25) is 17.7 Å². The van der Waals surface area contributed by atoms with Gasteiger partial charge in [-0.2, -0.15) is 5.26 Å². The van der Waals surface area contributed by atoms with E-state index in [1.807, 2.05) is 19.1 Å². The largest absolute Gasteiger partial charge is 0.476 e. The number of nitrogens with one attached hydrogen (secondary N) is 1. The van der Waals surface area contributed by atoms with E-state index < -0.39 is 0 Å². The Balaban J connectivity index is 1.41. The number of aromatic nitrogens is 2. The predicted molar refractivity (Wildman–Crippen MR) is 114 cm³/mol. The van der Waals surface area contributed by atoms with Gasteiger partial charge < -0.3 is 19.5 Å². The van der Waals surface area contributed by atoms with Crippen molar-refractivity contribution in [1.82, 2.24) is 15.3 Å². The number of hydrogen-bond donors (Lipinski definition) is 1. The molecular formula is C22H25ClN4O4.